The molecular formula is C11H16N2O4S. The number of benzene rings is 1. The van der Waals surface area contributed by atoms with Gasteiger partial charge in [-0.3, -0.25) is 9.10 Å². The van der Waals surface area contributed by atoms with Crippen molar-refractivity contribution in [3.63, 3.8) is 0 Å². The van der Waals surface area contributed by atoms with Gasteiger partial charge in [0.25, 0.3) is 0 Å². The summed E-state index contributed by atoms with van der Waals surface area (Å²) in [4.78, 5) is 11.1. The topological polar surface area (TPSA) is 89.7 Å². The molecule has 0 aliphatic rings. The van der Waals surface area contributed by atoms with Gasteiger partial charge in [0.15, 0.2) is 5.75 Å². The summed E-state index contributed by atoms with van der Waals surface area (Å²) >= 11 is 0. The molecule has 0 saturated carbocycles. The molecule has 0 atom stereocenters. The van der Waals surface area contributed by atoms with E-state index in [1.807, 2.05) is 0 Å². The van der Waals surface area contributed by atoms with Crippen LogP contribution in [0.2, 0.25) is 0 Å². The van der Waals surface area contributed by atoms with Crippen LogP contribution in [-0.2, 0) is 19.6 Å². The molecule has 0 radical (unpaired) electrons. The predicted octanol–water partition coefficient (Wildman–Crippen LogP) is 0.598. The van der Waals surface area contributed by atoms with Crippen LogP contribution in [0.5, 0.6) is 0 Å². The lowest BCUT2D eigenvalue weighted by Gasteiger charge is -2.22. The fraction of sp³-hybridized carbons (Fsp3) is 0.364. The molecule has 0 aromatic heterocycles. The highest BCUT2D eigenvalue weighted by Crippen LogP contribution is 2.19. The number of carbonyl (C=O) groups is 1. The Morgan fingerprint density at radius 1 is 1.33 bits per heavy atom. The number of esters is 1. The van der Waals surface area contributed by atoms with Crippen LogP contribution in [0.3, 0.4) is 0 Å². The summed E-state index contributed by atoms with van der Waals surface area (Å²) < 4.78 is 29.5. The summed E-state index contributed by atoms with van der Waals surface area (Å²) in [5.41, 5.74) is 6.55. The quantitative estimate of drug-likeness (QED) is 0.626. The minimum absolute atomic E-state index is 0.225. The molecule has 0 saturated heterocycles. The van der Waals surface area contributed by atoms with Crippen molar-refractivity contribution in [1.29, 1.82) is 0 Å². The third-order valence-corrected chi connectivity index (χ3v) is 4.07. The average Bonchev–Trinajstić information content (AvgIpc) is 2.31. The molecule has 0 fully saturated rings. The van der Waals surface area contributed by atoms with Gasteiger partial charge in [0.1, 0.15) is 0 Å². The van der Waals surface area contributed by atoms with Crippen LogP contribution in [0.1, 0.15) is 6.92 Å². The van der Waals surface area contributed by atoms with Crippen molar-refractivity contribution in [1.82, 2.24) is 0 Å². The number of rotatable bonds is 5. The van der Waals surface area contributed by atoms with Crippen LogP contribution in [0.4, 0.5) is 11.4 Å². The summed E-state index contributed by atoms with van der Waals surface area (Å²) in [5.74, 6) is -1.47. The second kappa shape index (κ2) is 5.72. The highest BCUT2D eigenvalue weighted by atomic mass is 32.2. The number of methoxy groups -OCH3 is 1. The monoisotopic (exact) mass is 272 g/mol. The van der Waals surface area contributed by atoms with Gasteiger partial charge in [-0.05, 0) is 31.2 Å². The molecule has 1 rings (SSSR count). The zero-order valence-corrected chi connectivity index (χ0v) is 11.1. The SMILES string of the molecule is CCN(c1ccc(N)cc1)S(=O)(=O)CC(=O)OC. The first-order chi connectivity index (χ1) is 8.40. The number of hydrogen-bond donors (Lipinski definition) is 1. The molecule has 1 aromatic rings. The second-order valence-electron chi connectivity index (χ2n) is 3.59. The van der Waals surface area contributed by atoms with Crippen molar-refractivity contribution < 1.29 is 17.9 Å². The largest absolute Gasteiger partial charge is 0.468 e. The van der Waals surface area contributed by atoms with E-state index >= 15 is 0 Å². The Balaban J connectivity index is 3.02. The number of nitrogen functional groups attached to an aromatic ring is 1. The van der Waals surface area contributed by atoms with E-state index in [-0.39, 0.29) is 6.54 Å². The van der Waals surface area contributed by atoms with Crippen molar-refractivity contribution in [3.05, 3.63) is 24.3 Å². The highest BCUT2D eigenvalue weighted by molar-refractivity contribution is 7.93. The number of nitrogens with two attached hydrogens (primary N) is 1. The molecular weight excluding hydrogens is 256 g/mol. The highest BCUT2D eigenvalue weighted by Gasteiger charge is 2.24. The number of sulfonamides is 1. The number of ether oxygens (including phenoxy) is 1. The summed E-state index contributed by atoms with van der Waals surface area (Å²) in [6.45, 7) is 1.91. The second-order valence-corrected chi connectivity index (χ2v) is 5.48. The van der Waals surface area contributed by atoms with Gasteiger partial charge < -0.3 is 10.5 Å². The van der Waals surface area contributed by atoms with E-state index in [1.54, 1.807) is 31.2 Å². The third kappa shape index (κ3) is 3.36. The van der Waals surface area contributed by atoms with E-state index in [9.17, 15) is 13.2 Å². The molecule has 0 aliphatic heterocycles. The van der Waals surface area contributed by atoms with Gasteiger partial charge in [0.2, 0.25) is 10.0 Å². The number of hydrogen-bond acceptors (Lipinski definition) is 5. The Hall–Kier alpha value is -1.76. The molecule has 0 heterocycles. The maximum Gasteiger partial charge on any atom is 0.322 e. The number of anilines is 2. The van der Waals surface area contributed by atoms with Crippen LogP contribution in [0.25, 0.3) is 0 Å². The van der Waals surface area contributed by atoms with Crippen molar-refractivity contribution >= 4 is 27.4 Å². The minimum atomic E-state index is -3.73. The van der Waals surface area contributed by atoms with Gasteiger partial charge in [0.05, 0.1) is 12.8 Å². The lowest BCUT2D eigenvalue weighted by Crippen LogP contribution is -2.35. The summed E-state index contributed by atoms with van der Waals surface area (Å²) in [6.07, 6.45) is 0. The summed E-state index contributed by atoms with van der Waals surface area (Å²) in [7, 11) is -2.58. The van der Waals surface area contributed by atoms with Gasteiger partial charge in [-0.1, -0.05) is 0 Å². The Morgan fingerprint density at radius 2 is 1.89 bits per heavy atom. The zero-order valence-electron chi connectivity index (χ0n) is 10.3. The summed E-state index contributed by atoms with van der Waals surface area (Å²) in [5, 5.41) is 0. The van der Waals surface area contributed by atoms with Gasteiger partial charge in [-0.2, -0.15) is 0 Å². The fourth-order valence-corrected chi connectivity index (χ4v) is 2.87. The zero-order chi connectivity index (χ0) is 13.8. The van der Waals surface area contributed by atoms with Crippen LogP contribution < -0.4 is 10.0 Å². The lowest BCUT2D eigenvalue weighted by molar-refractivity contribution is -0.137. The lowest BCUT2D eigenvalue weighted by atomic mass is 10.3. The first-order valence-corrected chi connectivity index (χ1v) is 6.94. The van der Waals surface area contributed by atoms with Crippen molar-refractivity contribution in [3.8, 4) is 0 Å². The molecule has 7 heteroatoms. The van der Waals surface area contributed by atoms with E-state index in [1.165, 1.54) is 0 Å². The Kier molecular flexibility index (Phi) is 4.55. The molecule has 2 N–H and O–H groups in total. The summed E-state index contributed by atoms with van der Waals surface area (Å²) in [6, 6.07) is 6.39. The molecule has 1 aromatic carbocycles. The van der Waals surface area contributed by atoms with Crippen molar-refractivity contribution in [2.45, 2.75) is 6.92 Å². The Morgan fingerprint density at radius 3 is 2.33 bits per heavy atom. The number of carbonyl (C=O) groups excluding carboxylic acids is 1. The maximum absolute atomic E-state index is 12.0. The molecule has 0 spiro atoms. The maximum atomic E-state index is 12.0. The minimum Gasteiger partial charge on any atom is -0.468 e. The molecule has 0 amide bonds. The Labute approximate surface area is 106 Å². The van der Waals surface area contributed by atoms with Gasteiger partial charge >= 0.3 is 5.97 Å². The van der Waals surface area contributed by atoms with E-state index in [0.29, 0.717) is 11.4 Å². The average molecular weight is 272 g/mol. The first-order valence-electron chi connectivity index (χ1n) is 5.33. The molecule has 0 aliphatic carbocycles. The third-order valence-electron chi connectivity index (χ3n) is 2.33. The molecule has 100 valence electrons. The van der Waals surface area contributed by atoms with Gasteiger partial charge in [-0.15, -0.1) is 0 Å². The standard InChI is InChI=1S/C11H16N2O4S/c1-3-13(10-6-4-9(12)5-7-10)18(15,16)8-11(14)17-2/h4-7H,3,8,12H2,1-2H3. The van der Waals surface area contributed by atoms with Crippen LogP contribution in [0, 0.1) is 0 Å². The van der Waals surface area contributed by atoms with Crippen LogP contribution in [0.15, 0.2) is 24.3 Å². The van der Waals surface area contributed by atoms with Crippen LogP contribution in [-0.4, -0.2) is 33.8 Å². The van der Waals surface area contributed by atoms with Gasteiger partial charge in [-0.25, -0.2) is 8.42 Å². The van der Waals surface area contributed by atoms with Crippen molar-refractivity contribution in [2.75, 3.05) is 29.4 Å². The van der Waals surface area contributed by atoms with E-state index in [0.717, 1.165) is 11.4 Å². The van der Waals surface area contributed by atoms with E-state index in [2.05, 4.69) is 4.74 Å². The Bertz CT molecular complexity index is 510. The number of nitrogens with zero attached hydrogens (tertiary/aromatic N) is 1. The van der Waals surface area contributed by atoms with E-state index in [4.69, 9.17) is 5.73 Å². The van der Waals surface area contributed by atoms with Crippen molar-refractivity contribution in [2.24, 2.45) is 0 Å². The first kappa shape index (κ1) is 14.3. The molecule has 0 unspecified atom stereocenters. The fourth-order valence-electron chi connectivity index (χ4n) is 1.47. The predicted molar refractivity (Wildman–Crippen MR) is 69.7 cm³/mol. The molecule has 18 heavy (non-hydrogen) atoms. The van der Waals surface area contributed by atoms with Gasteiger partial charge in [0, 0.05) is 12.2 Å². The molecule has 0 bridgehead atoms. The molecule has 6 nitrogen and oxygen atoms in total. The van der Waals surface area contributed by atoms with Crippen LogP contribution >= 0.6 is 0 Å². The smallest absolute Gasteiger partial charge is 0.322 e. The normalized spacial score (nSPS) is 11.0. The van der Waals surface area contributed by atoms with E-state index < -0.39 is 21.7 Å².